The molecule has 0 aromatic rings. The van der Waals surface area contributed by atoms with Gasteiger partial charge in [-0.3, -0.25) is 4.79 Å². The van der Waals surface area contributed by atoms with Gasteiger partial charge in [-0.05, 0) is 0 Å². The molecule has 0 fully saturated rings. The van der Waals surface area contributed by atoms with Gasteiger partial charge < -0.3 is 30.2 Å². The Morgan fingerprint density at radius 2 is 2.27 bits per heavy atom. The predicted molar refractivity (Wildman–Crippen MR) is 51.1 cm³/mol. The third kappa shape index (κ3) is 14.0. The minimum absolute atomic E-state index is 0. The van der Waals surface area contributed by atoms with Gasteiger partial charge in [0.05, 0.1) is 0 Å². The normalized spacial score (nSPS) is 8.09. The van der Waals surface area contributed by atoms with Crippen molar-refractivity contribution in [1.29, 1.82) is 0 Å². The summed E-state index contributed by atoms with van der Waals surface area (Å²) < 4.78 is 0.505. The summed E-state index contributed by atoms with van der Waals surface area (Å²) >= 11 is 10.7. The van der Waals surface area contributed by atoms with E-state index in [1.807, 2.05) is 0 Å². The van der Waals surface area contributed by atoms with Crippen molar-refractivity contribution in [3.63, 3.8) is 0 Å². The molecule has 0 saturated carbocycles. The van der Waals surface area contributed by atoms with Crippen LogP contribution in [-0.2, 0) is 17.4 Å². The summed E-state index contributed by atoms with van der Waals surface area (Å²) in [5.74, 6) is 0.748. The number of hydrogen-bond donors (Lipinski definition) is 1. The minimum Gasteiger partial charge on any atom is -0.422 e. The van der Waals surface area contributed by atoms with Crippen LogP contribution in [0.3, 0.4) is 0 Å². The van der Waals surface area contributed by atoms with Crippen LogP contribution in [0.25, 0.3) is 0 Å². The number of hydrogen-bond acceptors (Lipinski definition) is 4. The molecule has 0 saturated heterocycles. The van der Waals surface area contributed by atoms with E-state index in [0.717, 1.165) is 5.75 Å². The molecule has 0 bridgehead atoms. The van der Waals surface area contributed by atoms with Crippen LogP contribution in [0.1, 0.15) is 6.92 Å². The number of rotatable bonds is 3. The standard InChI is InChI=1S/C5H9NOS3.Na/c1-4(7)6-2-3-10-5(8)9;/h2-3H2,1H3,(H,6,7)(H,8,9);/q;+1/p-1. The smallest absolute Gasteiger partial charge is 0.422 e. The summed E-state index contributed by atoms with van der Waals surface area (Å²) in [6, 6.07) is 0. The van der Waals surface area contributed by atoms with Crippen LogP contribution in [0, 0.1) is 0 Å². The van der Waals surface area contributed by atoms with Gasteiger partial charge >= 0.3 is 29.6 Å². The molecule has 0 aromatic heterocycles. The molecule has 0 heterocycles. The first-order valence-electron chi connectivity index (χ1n) is 2.71. The molecule has 1 amide bonds. The van der Waals surface area contributed by atoms with Crippen molar-refractivity contribution in [2.24, 2.45) is 0 Å². The van der Waals surface area contributed by atoms with Crippen LogP contribution < -0.4 is 34.9 Å². The van der Waals surface area contributed by atoms with Crippen LogP contribution >= 0.6 is 24.0 Å². The molecule has 0 radical (unpaired) electrons. The molecule has 0 atom stereocenters. The van der Waals surface area contributed by atoms with Crippen molar-refractivity contribution in [2.45, 2.75) is 6.92 Å². The molecular weight excluding hydrogens is 209 g/mol. The number of carbonyl (C=O) groups excluding carboxylic acids is 1. The zero-order chi connectivity index (χ0) is 7.98. The Balaban J connectivity index is 0. The molecule has 0 aliphatic carbocycles. The summed E-state index contributed by atoms with van der Waals surface area (Å²) in [6.45, 7) is 2.12. The summed E-state index contributed by atoms with van der Waals surface area (Å²) in [4.78, 5) is 10.3. The number of thiocarbonyl (C=S) groups is 1. The minimum atomic E-state index is -0.0177. The van der Waals surface area contributed by atoms with E-state index in [0.29, 0.717) is 10.1 Å². The average Bonchev–Trinajstić information content (AvgIpc) is 1.79. The molecule has 0 aliphatic heterocycles. The van der Waals surface area contributed by atoms with Crippen LogP contribution in [0.4, 0.5) is 0 Å². The fourth-order valence-electron chi connectivity index (χ4n) is 0.361. The molecular formula is C5H8NNaOS3. The molecule has 0 unspecified atom stereocenters. The molecule has 11 heavy (non-hydrogen) atoms. The number of carbonyl (C=O) groups is 1. The fraction of sp³-hybridized carbons (Fsp3) is 0.600. The van der Waals surface area contributed by atoms with Crippen molar-refractivity contribution in [3.05, 3.63) is 0 Å². The van der Waals surface area contributed by atoms with Crippen LogP contribution in [-0.4, -0.2) is 21.7 Å². The van der Waals surface area contributed by atoms with E-state index in [4.69, 9.17) is 0 Å². The topological polar surface area (TPSA) is 29.1 Å². The van der Waals surface area contributed by atoms with Crippen LogP contribution in [0.5, 0.6) is 0 Å². The number of nitrogens with one attached hydrogen (secondary N) is 1. The average molecular weight is 217 g/mol. The first-order valence-corrected chi connectivity index (χ1v) is 4.51. The number of thioether (sulfide) groups is 1. The Morgan fingerprint density at radius 3 is 2.64 bits per heavy atom. The van der Waals surface area contributed by atoms with Crippen LogP contribution in [0.2, 0.25) is 0 Å². The van der Waals surface area contributed by atoms with E-state index in [9.17, 15) is 4.79 Å². The van der Waals surface area contributed by atoms with E-state index in [-0.39, 0.29) is 35.5 Å². The van der Waals surface area contributed by atoms with Crippen LogP contribution in [0.15, 0.2) is 0 Å². The molecule has 0 aromatic carbocycles. The van der Waals surface area contributed by atoms with Gasteiger partial charge in [0.1, 0.15) is 0 Å². The Morgan fingerprint density at radius 1 is 1.73 bits per heavy atom. The van der Waals surface area contributed by atoms with Crippen molar-refractivity contribution in [1.82, 2.24) is 5.32 Å². The summed E-state index contributed by atoms with van der Waals surface area (Å²) in [7, 11) is 0. The third-order valence-corrected chi connectivity index (χ3v) is 2.05. The molecule has 58 valence electrons. The van der Waals surface area contributed by atoms with E-state index < -0.39 is 0 Å². The molecule has 0 aliphatic rings. The van der Waals surface area contributed by atoms with Crippen molar-refractivity contribution in [3.8, 4) is 0 Å². The van der Waals surface area contributed by atoms with E-state index in [2.05, 4.69) is 30.2 Å². The Labute approximate surface area is 104 Å². The van der Waals surface area contributed by atoms with Gasteiger partial charge in [0, 0.05) is 19.2 Å². The SMILES string of the molecule is CC(=O)NCCSC(=S)[S-].[Na+]. The van der Waals surface area contributed by atoms with E-state index >= 15 is 0 Å². The molecule has 6 heteroatoms. The second-order valence-corrected chi connectivity index (χ2v) is 4.28. The first-order chi connectivity index (χ1) is 4.63. The van der Waals surface area contributed by atoms with E-state index in [1.54, 1.807) is 0 Å². The zero-order valence-electron chi connectivity index (χ0n) is 6.55. The Hall–Kier alpha value is 1.13. The monoisotopic (exact) mass is 217 g/mol. The van der Waals surface area contributed by atoms with Gasteiger partial charge in [0.2, 0.25) is 5.91 Å². The molecule has 1 N–H and O–H groups in total. The van der Waals surface area contributed by atoms with Gasteiger partial charge in [-0.2, -0.15) is 0 Å². The number of amides is 1. The van der Waals surface area contributed by atoms with Crippen molar-refractivity contribution >= 4 is 46.0 Å². The van der Waals surface area contributed by atoms with Gasteiger partial charge in [-0.15, -0.1) is 11.8 Å². The van der Waals surface area contributed by atoms with Gasteiger partial charge in [-0.1, -0.05) is 3.53 Å². The second-order valence-electron chi connectivity index (χ2n) is 1.58. The summed E-state index contributed by atoms with van der Waals surface area (Å²) in [5, 5.41) is 2.64. The maximum atomic E-state index is 10.3. The van der Waals surface area contributed by atoms with Gasteiger partial charge in [0.15, 0.2) is 0 Å². The third-order valence-electron chi connectivity index (χ3n) is 0.696. The first kappa shape index (κ1) is 14.6. The van der Waals surface area contributed by atoms with Gasteiger partial charge in [0.25, 0.3) is 0 Å². The zero-order valence-corrected chi connectivity index (χ0v) is 11.0. The van der Waals surface area contributed by atoms with Crippen molar-refractivity contribution in [2.75, 3.05) is 12.3 Å². The largest absolute Gasteiger partial charge is 1.00 e. The molecule has 0 rings (SSSR count). The Bertz CT molecular complexity index is 126. The molecule has 2 nitrogen and oxygen atoms in total. The molecule has 0 spiro atoms. The van der Waals surface area contributed by atoms with Gasteiger partial charge in [-0.25, -0.2) is 0 Å². The predicted octanol–water partition coefficient (Wildman–Crippen LogP) is -2.31. The van der Waals surface area contributed by atoms with Crippen molar-refractivity contribution < 1.29 is 34.4 Å². The maximum absolute atomic E-state index is 10.3. The quantitative estimate of drug-likeness (QED) is 0.249. The summed E-state index contributed by atoms with van der Waals surface area (Å²) in [6.07, 6.45) is 0. The second kappa shape index (κ2) is 9.22. The van der Waals surface area contributed by atoms with E-state index in [1.165, 1.54) is 18.7 Å². The fourth-order valence-corrected chi connectivity index (χ4v) is 1.23. The Kier molecular flexibility index (Phi) is 12.3. The maximum Gasteiger partial charge on any atom is 1.00 e. The summed E-state index contributed by atoms with van der Waals surface area (Å²) in [5.41, 5.74) is 0.